The Morgan fingerprint density at radius 3 is 2.39 bits per heavy atom. The monoisotopic (exact) mass is 482 g/mol. The molecule has 0 heterocycles. The maximum atomic E-state index is 13.9. The average Bonchev–Trinajstić information content (AvgIpc) is 2.71. The molecule has 8 nitrogen and oxygen atoms in total. The van der Waals surface area contributed by atoms with Crippen molar-refractivity contribution in [3.8, 4) is 0 Å². The minimum atomic E-state index is -4.31. The van der Waals surface area contributed by atoms with Crippen LogP contribution in [-0.4, -0.2) is 19.6 Å². The van der Waals surface area contributed by atoms with Crippen molar-refractivity contribution in [2.75, 3.05) is 10.1 Å². The Kier molecular flexibility index (Phi) is 6.74. The second kappa shape index (κ2) is 9.29. The van der Waals surface area contributed by atoms with Gasteiger partial charge in [-0.1, -0.05) is 41.4 Å². The number of sulfonamides is 1. The summed E-state index contributed by atoms with van der Waals surface area (Å²) >= 11 is 11.9. The summed E-state index contributed by atoms with van der Waals surface area (Å²) in [6.45, 7) is 0. The molecule has 0 aliphatic rings. The lowest BCUT2D eigenvalue weighted by Gasteiger charge is -2.13. The number of hydrogen-bond donors (Lipinski definition) is 2. The summed E-state index contributed by atoms with van der Waals surface area (Å²) in [4.78, 5) is 9.95. The highest BCUT2D eigenvalue weighted by atomic mass is 35.5. The number of hydrogen-bond acceptors (Lipinski definition) is 6. The van der Waals surface area contributed by atoms with Crippen molar-refractivity contribution >= 4 is 56.5 Å². The van der Waals surface area contributed by atoms with Crippen molar-refractivity contribution in [3.63, 3.8) is 0 Å². The number of nitrogens with one attached hydrogen (secondary N) is 2. The lowest BCUT2D eigenvalue weighted by Crippen LogP contribution is -2.15. The van der Waals surface area contributed by atoms with Crippen LogP contribution in [0.3, 0.4) is 0 Å². The molecule has 3 rings (SSSR count). The fourth-order valence-corrected chi connectivity index (χ4v) is 4.19. The lowest BCUT2D eigenvalue weighted by molar-refractivity contribution is -0.385. The molecule has 0 aliphatic heterocycles. The van der Waals surface area contributed by atoms with E-state index in [0.717, 1.165) is 18.3 Å². The molecule has 0 saturated carbocycles. The number of nitrogens with zero attached hydrogens (tertiary/aromatic N) is 2. The van der Waals surface area contributed by atoms with Gasteiger partial charge in [-0.2, -0.15) is 5.10 Å². The number of non-ortho nitro benzene ring substituents is 1. The molecule has 31 heavy (non-hydrogen) atoms. The van der Waals surface area contributed by atoms with E-state index in [4.69, 9.17) is 23.2 Å². The summed E-state index contributed by atoms with van der Waals surface area (Å²) in [7, 11) is -4.31. The molecule has 0 bridgehead atoms. The Labute approximate surface area is 186 Å². The first-order chi connectivity index (χ1) is 14.7. The third kappa shape index (κ3) is 5.29. The van der Waals surface area contributed by atoms with Crippen LogP contribution >= 0.6 is 23.2 Å². The maximum absolute atomic E-state index is 13.9. The molecule has 0 saturated heterocycles. The van der Waals surface area contributed by atoms with E-state index < -0.39 is 31.3 Å². The van der Waals surface area contributed by atoms with Crippen LogP contribution in [0.5, 0.6) is 0 Å². The zero-order valence-corrected chi connectivity index (χ0v) is 17.7. The van der Waals surface area contributed by atoms with E-state index in [-0.39, 0.29) is 27.0 Å². The first-order valence-corrected chi connectivity index (χ1v) is 10.7. The summed E-state index contributed by atoms with van der Waals surface area (Å²) in [6.07, 6.45) is 1.07. The molecule has 3 aromatic rings. The molecule has 0 fully saturated rings. The van der Waals surface area contributed by atoms with Crippen LogP contribution in [0, 0.1) is 15.9 Å². The van der Waals surface area contributed by atoms with E-state index in [1.54, 1.807) is 12.1 Å². The van der Waals surface area contributed by atoms with Gasteiger partial charge in [-0.05, 0) is 30.3 Å². The van der Waals surface area contributed by atoms with Gasteiger partial charge < -0.3 is 0 Å². The molecule has 0 amide bonds. The van der Waals surface area contributed by atoms with Gasteiger partial charge in [0.15, 0.2) is 0 Å². The second-order valence-corrected chi connectivity index (χ2v) is 8.49. The van der Waals surface area contributed by atoms with E-state index in [9.17, 15) is 22.9 Å². The Hall–Kier alpha value is -3.21. The highest BCUT2D eigenvalue weighted by Gasteiger charge is 2.23. The van der Waals surface area contributed by atoms with Crippen LogP contribution < -0.4 is 10.1 Å². The molecule has 0 spiro atoms. The van der Waals surface area contributed by atoms with Crippen LogP contribution in [0.25, 0.3) is 0 Å². The summed E-state index contributed by atoms with van der Waals surface area (Å²) in [5, 5.41) is 15.2. The average molecular weight is 483 g/mol. The zero-order valence-electron chi connectivity index (χ0n) is 15.4. The Balaban J connectivity index is 1.99. The molecule has 2 N–H and O–H groups in total. The molecular formula is C19H13Cl2FN4O4S. The lowest BCUT2D eigenvalue weighted by atomic mass is 10.2. The number of rotatable bonds is 7. The quantitative estimate of drug-likeness (QED) is 0.269. The Morgan fingerprint density at radius 2 is 1.71 bits per heavy atom. The van der Waals surface area contributed by atoms with Crippen molar-refractivity contribution in [2.45, 2.75) is 4.90 Å². The number of nitro benzene ring substituents is 1. The Morgan fingerprint density at radius 1 is 1.00 bits per heavy atom. The van der Waals surface area contributed by atoms with Crippen LogP contribution in [0.4, 0.5) is 21.5 Å². The number of benzene rings is 3. The molecule has 0 unspecified atom stereocenters. The summed E-state index contributed by atoms with van der Waals surface area (Å²) in [6, 6.07) is 13.3. The van der Waals surface area contributed by atoms with Gasteiger partial charge in [-0.3, -0.25) is 20.3 Å². The van der Waals surface area contributed by atoms with E-state index in [0.29, 0.717) is 0 Å². The molecule has 0 radical (unpaired) electrons. The van der Waals surface area contributed by atoms with Gasteiger partial charge in [0.1, 0.15) is 10.7 Å². The molecule has 160 valence electrons. The number of para-hydroxylation sites is 1. The predicted molar refractivity (Wildman–Crippen MR) is 118 cm³/mol. The van der Waals surface area contributed by atoms with Gasteiger partial charge in [0.25, 0.3) is 15.7 Å². The number of nitro groups is 1. The van der Waals surface area contributed by atoms with Gasteiger partial charge >= 0.3 is 0 Å². The standard InChI is InChI=1S/C19H13Cl2FN4O4S/c20-14-5-3-6-16(22)13(14)11-23-24-18-9-8-12(26(27)28)10-19(18)31(29,30)25-17-7-2-1-4-15(17)21/h1-11,24-25H. The van der Waals surface area contributed by atoms with Crippen molar-refractivity contribution in [1.29, 1.82) is 0 Å². The van der Waals surface area contributed by atoms with Gasteiger partial charge in [0.05, 0.1) is 32.6 Å². The molecule has 0 aromatic heterocycles. The third-order valence-corrected chi connectivity index (χ3v) is 6.03. The predicted octanol–water partition coefficient (Wildman–Crippen LogP) is 5.29. The van der Waals surface area contributed by atoms with Gasteiger partial charge in [-0.25, -0.2) is 12.8 Å². The topological polar surface area (TPSA) is 114 Å². The summed E-state index contributed by atoms with van der Waals surface area (Å²) < 4.78 is 42.0. The first-order valence-electron chi connectivity index (χ1n) is 8.48. The number of anilines is 2. The molecule has 12 heteroatoms. The van der Waals surface area contributed by atoms with Gasteiger partial charge in [-0.15, -0.1) is 0 Å². The van der Waals surface area contributed by atoms with Crippen molar-refractivity contribution in [2.24, 2.45) is 5.10 Å². The zero-order chi connectivity index (χ0) is 22.6. The largest absolute Gasteiger partial charge is 0.278 e. The fourth-order valence-electron chi connectivity index (χ4n) is 2.48. The SMILES string of the molecule is O=[N+]([O-])c1ccc(NN=Cc2c(F)cccc2Cl)c(S(=O)(=O)Nc2ccccc2Cl)c1. The normalized spacial score (nSPS) is 11.5. The second-order valence-electron chi connectivity index (χ2n) is 6.03. The van der Waals surface area contributed by atoms with E-state index in [1.165, 1.54) is 36.4 Å². The van der Waals surface area contributed by atoms with E-state index in [2.05, 4.69) is 15.2 Å². The van der Waals surface area contributed by atoms with Crippen molar-refractivity contribution in [1.82, 2.24) is 0 Å². The van der Waals surface area contributed by atoms with Crippen LogP contribution in [0.1, 0.15) is 5.56 Å². The number of halogens is 3. The molecule has 0 atom stereocenters. The highest BCUT2D eigenvalue weighted by Crippen LogP contribution is 2.30. The van der Waals surface area contributed by atoms with Crippen LogP contribution in [0.2, 0.25) is 10.0 Å². The minimum absolute atomic E-state index is 0.0165. The molecule has 3 aromatic carbocycles. The first kappa shape index (κ1) is 22.5. The smallest absolute Gasteiger partial charge is 0.270 e. The Bertz CT molecular complexity index is 1270. The van der Waals surface area contributed by atoms with Gasteiger partial charge in [0.2, 0.25) is 0 Å². The van der Waals surface area contributed by atoms with Crippen molar-refractivity contribution < 1.29 is 17.7 Å². The van der Waals surface area contributed by atoms with Gasteiger partial charge in [0, 0.05) is 17.7 Å². The van der Waals surface area contributed by atoms with Crippen molar-refractivity contribution in [3.05, 3.63) is 92.2 Å². The highest BCUT2D eigenvalue weighted by molar-refractivity contribution is 7.93. The summed E-state index contributed by atoms with van der Waals surface area (Å²) in [5.41, 5.74) is 1.99. The van der Waals surface area contributed by atoms with E-state index in [1.807, 2.05) is 0 Å². The molecular weight excluding hydrogens is 470 g/mol. The number of hydrazone groups is 1. The molecule has 0 aliphatic carbocycles. The minimum Gasteiger partial charge on any atom is -0.278 e. The van der Waals surface area contributed by atoms with Crippen LogP contribution in [0.15, 0.2) is 70.7 Å². The van der Waals surface area contributed by atoms with E-state index >= 15 is 0 Å². The fraction of sp³-hybridized carbons (Fsp3) is 0. The maximum Gasteiger partial charge on any atom is 0.270 e. The van der Waals surface area contributed by atoms with Crippen LogP contribution in [-0.2, 0) is 10.0 Å². The third-order valence-electron chi connectivity index (χ3n) is 3.96. The summed E-state index contributed by atoms with van der Waals surface area (Å²) in [5.74, 6) is -0.630.